The summed E-state index contributed by atoms with van der Waals surface area (Å²) >= 11 is 0. The number of carbonyl (C=O) groups excluding carboxylic acids is 1. The Labute approximate surface area is 151 Å². The first-order chi connectivity index (χ1) is 12.7. The molecule has 3 unspecified atom stereocenters. The first-order valence-corrected chi connectivity index (χ1v) is 8.99. The largest absolute Gasteiger partial charge is 0.349 e. The maximum Gasteiger partial charge on any atom is 0.229 e. The first kappa shape index (κ1) is 15.3. The number of nitrogens with zero attached hydrogens (tertiary/aromatic N) is 5. The number of fused-ring (bicyclic) bond motifs is 3. The van der Waals surface area contributed by atoms with E-state index in [-0.39, 0.29) is 17.9 Å². The topological polar surface area (TPSA) is 75.9 Å². The molecule has 1 amide bonds. The molecule has 0 spiro atoms. The average molecular weight is 348 g/mol. The molecule has 7 heteroatoms. The van der Waals surface area contributed by atoms with Gasteiger partial charge in [-0.1, -0.05) is 18.2 Å². The number of hydrogen-bond acceptors (Lipinski definition) is 5. The number of hydrogen-bond donors (Lipinski definition) is 1. The van der Waals surface area contributed by atoms with Crippen LogP contribution in [0.1, 0.15) is 19.3 Å². The Bertz CT molecular complexity index is 969. The van der Waals surface area contributed by atoms with Crippen molar-refractivity contribution in [1.29, 1.82) is 0 Å². The van der Waals surface area contributed by atoms with Gasteiger partial charge in [-0.2, -0.15) is 5.10 Å². The highest BCUT2D eigenvalue weighted by Gasteiger charge is 2.50. The van der Waals surface area contributed by atoms with Crippen molar-refractivity contribution in [3.8, 4) is 0 Å². The maximum atomic E-state index is 12.9. The van der Waals surface area contributed by atoms with Gasteiger partial charge in [0, 0.05) is 24.8 Å². The Kier molecular flexibility index (Phi) is 3.41. The molecule has 2 bridgehead atoms. The van der Waals surface area contributed by atoms with E-state index in [1.54, 1.807) is 11.0 Å². The number of para-hydroxylation sites is 1. The van der Waals surface area contributed by atoms with E-state index in [9.17, 15) is 4.79 Å². The lowest BCUT2D eigenvalue weighted by atomic mass is 9.88. The summed E-state index contributed by atoms with van der Waals surface area (Å²) in [6.07, 6.45) is 6.40. The van der Waals surface area contributed by atoms with Crippen molar-refractivity contribution in [3.05, 3.63) is 42.9 Å². The van der Waals surface area contributed by atoms with Gasteiger partial charge >= 0.3 is 0 Å². The summed E-state index contributed by atoms with van der Waals surface area (Å²) in [5.74, 6) is 0.992. The summed E-state index contributed by atoms with van der Waals surface area (Å²) in [4.78, 5) is 24.1. The van der Waals surface area contributed by atoms with Crippen LogP contribution in [-0.4, -0.2) is 37.7 Å². The van der Waals surface area contributed by atoms with Gasteiger partial charge in [-0.05, 0) is 31.4 Å². The van der Waals surface area contributed by atoms with Gasteiger partial charge in [-0.25, -0.2) is 9.97 Å². The molecule has 2 saturated heterocycles. The second-order valence-corrected chi connectivity index (χ2v) is 7.11. The van der Waals surface area contributed by atoms with Gasteiger partial charge in [0.15, 0.2) is 5.65 Å². The highest BCUT2D eigenvalue weighted by Crippen LogP contribution is 2.45. The molecule has 5 rings (SSSR count). The fourth-order valence-electron chi connectivity index (χ4n) is 4.51. The Morgan fingerprint density at radius 3 is 2.88 bits per heavy atom. The van der Waals surface area contributed by atoms with E-state index in [1.807, 2.05) is 43.6 Å². The molecule has 2 aliphatic rings. The van der Waals surface area contributed by atoms with Crippen molar-refractivity contribution in [2.75, 3.05) is 10.2 Å². The molecule has 7 nitrogen and oxygen atoms in total. The number of carbonyl (C=O) groups is 1. The number of amides is 1. The third-order valence-electron chi connectivity index (χ3n) is 5.67. The lowest BCUT2D eigenvalue weighted by Gasteiger charge is -2.25. The standard InChI is InChI=1S/C19H20N6O/c1-24-17-15(10-22-24)18(21-11-20-17)25-13-7-8-16(25)14(9-13)19(26)23-12-5-3-2-4-6-12/h2-6,10-11,13-14,16H,7-9H2,1H3,(H,23,26). The van der Waals surface area contributed by atoms with Crippen molar-refractivity contribution in [3.63, 3.8) is 0 Å². The second-order valence-electron chi connectivity index (χ2n) is 7.11. The Morgan fingerprint density at radius 1 is 1.19 bits per heavy atom. The maximum absolute atomic E-state index is 12.9. The molecule has 0 aliphatic carbocycles. The molecule has 0 radical (unpaired) electrons. The molecule has 2 fully saturated rings. The zero-order chi connectivity index (χ0) is 17.7. The normalized spacial score (nSPS) is 24.3. The summed E-state index contributed by atoms with van der Waals surface area (Å²) in [7, 11) is 1.88. The molecule has 4 heterocycles. The predicted octanol–water partition coefficient (Wildman–Crippen LogP) is 2.36. The number of benzene rings is 1. The van der Waals surface area contributed by atoms with Crippen molar-refractivity contribution in [1.82, 2.24) is 19.7 Å². The van der Waals surface area contributed by atoms with Gasteiger partial charge in [0.2, 0.25) is 5.91 Å². The highest BCUT2D eigenvalue weighted by atomic mass is 16.2. The molecule has 2 aromatic heterocycles. The van der Waals surface area contributed by atoms with Gasteiger partial charge in [-0.3, -0.25) is 9.48 Å². The number of rotatable bonds is 3. The van der Waals surface area contributed by atoms with Gasteiger partial charge in [0.25, 0.3) is 0 Å². The van der Waals surface area contributed by atoms with E-state index in [0.717, 1.165) is 41.8 Å². The van der Waals surface area contributed by atoms with Crippen LogP contribution in [0.2, 0.25) is 0 Å². The van der Waals surface area contributed by atoms with Gasteiger partial charge < -0.3 is 10.2 Å². The van der Waals surface area contributed by atoms with Crippen LogP contribution in [0, 0.1) is 5.92 Å². The quantitative estimate of drug-likeness (QED) is 0.786. The molecule has 0 saturated carbocycles. The van der Waals surface area contributed by atoms with Crippen LogP contribution >= 0.6 is 0 Å². The summed E-state index contributed by atoms with van der Waals surface area (Å²) in [5.41, 5.74) is 1.68. The third kappa shape index (κ3) is 2.27. The molecule has 2 aliphatic heterocycles. The van der Waals surface area contributed by atoms with Gasteiger partial charge in [0.1, 0.15) is 12.1 Å². The van der Waals surface area contributed by atoms with Crippen LogP contribution in [-0.2, 0) is 11.8 Å². The molecular formula is C19H20N6O. The fraction of sp³-hybridized carbons (Fsp3) is 0.368. The van der Waals surface area contributed by atoms with Crippen molar-refractivity contribution >= 4 is 28.4 Å². The summed E-state index contributed by atoms with van der Waals surface area (Å²) < 4.78 is 1.76. The molecule has 132 valence electrons. The van der Waals surface area contributed by atoms with Crippen molar-refractivity contribution < 1.29 is 4.79 Å². The minimum absolute atomic E-state index is 0.0179. The van der Waals surface area contributed by atoms with Crippen LogP contribution in [0.25, 0.3) is 11.0 Å². The van der Waals surface area contributed by atoms with Crippen LogP contribution in [0.15, 0.2) is 42.9 Å². The van der Waals surface area contributed by atoms with Crippen LogP contribution < -0.4 is 10.2 Å². The van der Waals surface area contributed by atoms with Gasteiger partial charge in [-0.15, -0.1) is 0 Å². The third-order valence-corrected chi connectivity index (χ3v) is 5.67. The van der Waals surface area contributed by atoms with Gasteiger partial charge in [0.05, 0.1) is 17.5 Å². The molecule has 1 aromatic carbocycles. The molecule has 3 atom stereocenters. The lowest BCUT2D eigenvalue weighted by Crippen LogP contribution is -2.36. The Hall–Kier alpha value is -2.96. The van der Waals surface area contributed by atoms with Crippen molar-refractivity contribution in [2.24, 2.45) is 13.0 Å². The Morgan fingerprint density at radius 2 is 2.04 bits per heavy atom. The minimum atomic E-state index is -0.0179. The van der Waals surface area contributed by atoms with E-state index in [4.69, 9.17) is 0 Å². The average Bonchev–Trinajstić information content (AvgIpc) is 3.35. The zero-order valence-corrected chi connectivity index (χ0v) is 14.5. The fourth-order valence-corrected chi connectivity index (χ4v) is 4.51. The monoisotopic (exact) mass is 348 g/mol. The van der Waals surface area contributed by atoms with Crippen LogP contribution in [0.4, 0.5) is 11.5 Å². The number of anilines is 2. The lowest BCUT2D eigenvalue weighted by molar-refractivity contribution is -0.120. The molecule has 3 aromatic rings. The van der Waals surface area contributed by atoms with E-state index in [2.05, 4.69) is 25.3 Å². The van der Waals surface area contributed by atoms with Crippen LogP contribution in [0.5, 0.6) is 0 Å². The van der Waals surface area contributed by atoms with E-state index in [1.165, 1.54) is 0 Å². The predicted molar refractivity (Wildman–Crippen MR) is 98.8 cm³/mol. The molecule has 26 heavy (non-hydrogen) atoms. The SMILES string of the molecule is Cn1ncc2c(N3C4CCC3C(C(=O)Nc3ccccc3)C4)ncnc21. The number of nitrogens with one attached hydrogen (secondary N) is 1. The summed E-state index contributed by atoms with van der Waals surface area (Å²) in [6, 6.07) is 10.2. The van der Waals surface area contributed by atoms with E-state index >= 15 is 0 Å². The van der Waals surface area contributed by atoms with Crippen molar-refractivity contribution in [2.45, 2.75) is 31.3 Å². The first-order valence-electron chi connectivity index (χ1n) is 8.99. The number of aryl methyl sites for hydroxylation is 1. The summed E-state index contributed by atoms with van der Waals surface area (Å²) in [6.45, 7) is 0. The summed E-state index contributed by atoms with van der Waals surface area (Å²) in [5, 5.41) is 8.34. The van der Waals surface area contributed by atoms with E-state index in [0.29, 0.717) is 6.04 Å². The zero-order valence-electron chi connectivity index (χ0n) is 14.5. The van der Waals surface area contributed by atoms with E-state index < -0.39 is 0 Å². The Balaban J connectivity index is 1.44. The second kappa shape index (κ2) is 5.79. The van der Waals surface area contributed by atoms with Crippen LogP contribution in [0.3, 0.4) is 0 Å². The molecular weight excluding hydrogens is 328 g/mol. The minimum Gasteiger partial charge on any atom is -0.349 e. The number of aromatic nitrogens is 4. The smallest absolute Gasteiger partial charge is 0.229 e. The molecule has 1 N–H and O–H groups in total. The highest BCUT2D eigenvalue weighted by molar-refractivity contribution is 5.95.